The minimum atomic E-state index is -0.206. The fourth-order valence-corrected chi connectivity index (χ4v) is 2.80. The SMILES string of the molecule is CCC(COC)Nc1ccc(N2CCC(O)CC2)c(C#N)c1. The molecule has 0 saturated carbocycles. The summed E-state index contributed by atoms with van der Waals surface area (Å²) in [5.41, 5.74) is 2.58. The predicted molar refractivity (Wildman–Crippen MR) is 88.2 cm³/mol. The first-order chi connectivity index (χ1) is 10.7. The average Bonchev–Trinajstić information content (AvgIpc) is 2.55. The van der Waals surface area contributed by atoms with Crippen molar-refractivity contribution in [2.24, 2.45) is 0 Å². The summed E-state index contributed by atoms with van der Waals surface area (Å²) in [6.07, 6.45) is 2.27. The first-order valence-corrected chi connectivity index (χ1v) is 7.90. The lowest BCUT2D eigenvalue weighted by molar-refractivity contribution is 0.145. The molecule has 1 aromatic carbocycles. The Kier molecular flexibility index (Phi) is 6.05. The fourth-order valence-electron chi connectivity index (χ4n) is 2.80. The third-order valence-corrected chi connectivity index (χ3v) is 4.15. The van der Waals surface area contributed by atoms with E-state index in [4.69, 9.17) is 4.74 Å². The zero-order valence-corrected chi connectivity index (χ0v) is 13.4. The third-order valence-electron chi connectivity index (χ3n) is 4.15. The van der Waals surface area contributed by atoms with Crippen molar-refractivity contribution in [2.75, 3.05) is 37.0 Å². The molecule has 1 atom stereocenters. The van der Waals surface area contributed by atoms with Crippen LogP contribution in [-0.2, 0) is 4.74 Å². The zero-order valence-electron chi connectivity index (χ0n) is 13.4. The second-order valence-corrected chi connectivity index (χ2v) is 5.77. The summed E-state index contributed by atoms with van der Waals surface area (Å²) in [4.78, 5) is 2.18. The molecule has 1 heterocycles. The minimum Gasteiger partial charge on any atom is -0.393 e. The van der Waals surface area contributed by atoms with E-state index in [1.807, 2.05) is 18.2 Å². The Labute approximate surface area is 132 Å². The molecule has 0 spiro atoms. The molecule has 5 heteroatoms. The molecule has 1 unspecified atom stereocenters. The molecule has 1 saturated heterocycles. The Balaban J connectivity index is 2.12. The van der Waals surface area contributed by atoms with Crippen molar-refractivity contribution in [3.63, 3.8) is 0 Å². The monoisotopic (exact) mass is 303 g/mol. The van der Waals surface area contributed by atoms with E-state index in [1.54, 1.807) is 7.11 Å². The highest BCUT2D eigenvalue weighted by atomic mass is 16.5. The van der Waals surface area contributed by atoms with Crippen molar-refractivity contribution < 1.29 is 9.84 Å². The van der Waals surface area contributed by atoms with E-state index in [0.717, 1.165) is 43.7 Å². The molecule has 0 bridgehead atoms. The van der Waals surface area contributed by atoms with Crippen molar-refractivity contribution in [1.29, 1.82) is 5.26 Å². The van der Waals surface area contributed by atoms with Crippen LogP contribution in [0.5, 0.6) is 0 Å². The van der Waals surface area contributed by atoms with Crippen molar-refractivity contribution in [3.05, 3.63) is 23.8 Å². The van der Waals surface area contributed by atoms with Crippen molar-refractivity contribution in [3.8, 4) is 6.07 Å². The maximum atomic E-state index is 9.61. The molecular weight excluding hydrogens is 278 g/mol. The van der Waals surface area contributed by atoms with E-state index in [9.17, 15) is 10.4 Å². The predicted octanol–water partition coefficient (Wildman–Crippen LogP) is 2.36. The summed E-state index contributed by atoms with van der Waals surface area (Å²) in [5, 5.41) is 22.5. The number of nitriles is 1. The fraction of sp³-hybridized carbons (Fsp3) is 0.588. The molecule has 2 N–H and O–H groups in total. The number of benzene rings is 1. The van der Waals surface area contributed by atoms with Gasteiger partial charge in [0.05, 0.1) is 24.0 Å². The highest BCUT2D eigenvalue weighted by Crippen LogP contribution is 2.27. The number of methoxy groups -OCH3 is 1. The molecule has 120 valence electrons. The number of hydrogen-bond acceptors (Lipinski definition) is 5. The lowest BCUT2D eigenvalue weighted by atomic mass is 10.0. The molecule has 0 amide bonds. The molecule has 1 aromatic rings. The molecule has 0 radical (unpaired) electrons. The summed E-state index contributed by atoms with van der Waals surface area (Å²) in [5.74, 6) is 0. The average molecular weight is 303 g/mol. The maximum absolute atomic E-state index is 9.61. The number of nitrogens with one attached hydrogen (secondary N) is 1. The van der Waals surface area contributed by atoms with Gasteiger partial charge in [-0.15, -0.1) is 0 Å². The van der Waals surface area contributed by atoms with Gasteiger partial charge < -0.3 is 20.1 Å². The van der Waals surface area contributed by atoms with Gasteiger partial charge in [-0.2, -0.15) is 5.26 Å². The Morgan fingerprint density at radius 1 is 1.45 bits per heavy atom. The number of aliphatic hydroxyl groups excluding tert-OH is 1. The lowest BCUT2D eigenvalue weighted by Crippen LogP contribution is -2.36. The van der Waals surface area contributed by atoms with E-state index in [1.165, 1.54) is 0 Å². The van der Waals surface area contributed by atoms with Gasteiger partial charge in [-0.3, -0.25) is 0 Å². The highest BCUT2D eigenvalue weighted by molar-refractivity contribution is 5.65. The van der Waals surface area contributed by atoms with Crippen LogP contribution in [0.2, 0.25) is 0 Å². The van der Waals surface area contributed by atoms with Gasteiger partial charge in [0.1, 0.15) is 6.07 Å². The Morgan fingerprint density at radius 3 is 2.77 bits per heavy atom. The quantitative estimate of drug-likeness (QED) is 0.844. The smallest absolute Gasteiger partial charge is 0.101 e. The lowest BCUT2D eigenvalue weighted by Gasteiger charge is -2.32. The number of nitrogens with zero attached hydrogens (tertiary/aromatic N) is 2. The number of anilines is 2. The molecule has 1 fully saturated rings. The van der Waals surface area contributed by atoms with Gasteiger partial charge in [0.25, 0.3) is 0 Å². The van der Waals surface area contributed by atoms with Crippen LogP contribution in [0.1, 0.15) is 31.7 Å². The van der Waals surface area contributed by atoms with Crippen LogP contribution in [0.3, 0.4) is 0 Å². The first kappa shape index (κ1) is 16.6. The van der Waals surface area contributed by atoms with Crippen LogP contribution in [0.15, 0.2) is 18.2 Å². The Bertz CT molecular complexity index is 519. The van der Waals surface area contributed by atoms with E-state index in [0.29, 0.717) is 12.2 Å². The van der Waals surface area contributed by atoms with E-state index in [2.05, 4.69) is 23.2 Å². The Morgan fingerprint density at radius 2 is 2.18 bits per heavy atom. The van der Waals surface area contributed by atoms with Crippen LogP contribution >= 0.6 is 0 Å². The third kappa shape index (κ3) is 4.12. The molecule has 1 aliphatic rings. The molecule has 0 aromatic heterocycles. The van der Waals surface area contributed by atoms with Crippen molar-refractivity contribution >= 4 is 11.4 Å². The Hall–Kier alpha value is -1.77. The normalized spacial score (nSPS) is 17.1. The minimum absolute atomic E-state index is 0.206. The summed E-state index contributed by atoms with van der Waals surface area (Å²) >= 11 is 0. The molecule has 1 aliphatic heterocycles. The van der Waals surface area contributed by atoms with Crippen molar-refractivity contribution in [1.82, 2.24) is 0 Å². The van der Waals surface area contributed by atoms with E-state index >= 15 is 0 Å². The van der Waals surface area contributed by atoms with Gasteiger partial charge >= 0.3 is 0 Å². The second-order valence-electron chi connectivity index (χ2n) is 5.77. The van der Waals surface area contributed by atoms with Crippen LogP contribution < -0.4 is 10.2 Å². The summed E-state index contributed by atoms with van der Waals surface area (Å²) in [7, 11) is 1.69. The van der Waals surface area contributed by atoms with Crippen LogP contribution in [-0.4, -0.2) is 44.1 Å². The molecule has 5 nitrogen and oxygen atoms in total. The summed E-state index contributed by atoms with van der Waals surface area (Å²) < 4.78 is 5.19. The van der Waals surface area contributed by atoms with Gasteiger partial charge in [0, 0.05) is 31.9 Å². The summed E-state index contributed by atoms with van der Waals surface area (Å²) in [6.45, 7) is 4.34. The topological polar surface area (TPSA) is 68.5 Å². The van der Waals surface area contributed by atoms with Crippen molar-refractivity contribution in [2.45, 2.75) is 38.3 Å². The zero-order chi connectivity index (χ0) is 15.9. The standard InChI is InChI=1S/C17H25N3O2/c1-3-14(12-22-2)19-15-4-5-17(13(10-15)11-18)20-8-6-16(21)7-9-20/h4-5,10,14,16,19,21H,3,6-9,12H2,1-2H3. The second kappa shape index (κ2) is 8.02. The molecule has 22 heavy (non-hydrogen) atoms. The number of piperidine rings is 1. The number of ether oxygens (including phenoxy) is 1. The molecule has 0 aliphatic carbocycles. The van der Waals surface area contributed by atoms with Crippen LogP contribution in [0.4, 0.5) is 11.4 Å². The number of rotatable bonds is 6. The van der Waals surface area contributed by atoms with Crippen LogP contribution in [0, 0.1) is 11.3 Å². The molecular formula is C17H25N3O2. The van der Waals surface area contributed by atoms with Gasteiger partial charge in [-0.05, 0) is 37.5 Å². The maximum Gasteiger partial charge on any atom is 0.101 e. The van der Waals surface area contributed by atoms with E-state index < -0.39 is 0 Å². The van der Waals surface area contributed by atoms with Gasteiger partial charge in [-0.1, -0.05) is 6.92 Å². The number of hydrogen-bond donors (Lipinski definition) is 2. The number of aliphatic hydroxyl groups is 1. The highest BCUT2D eigenvalue weighted by Gasteiger charge is 2.19. The van der Waals surface area contributed by atoms with Gasteiger partial charge in [-0.25, -0.2) is 0 Å². The summed E-state index contributed by atoms with van der Waals surface area (Å²) in [6, 6.07) is 8.45. The molecule has 2 rings (SSSR count). The van der Waals surface area contributed by atoms with Gasteiger partial charge in [0.2, 0.25) is 0 Å². The largest absolute Gasteiger partial charge is 0.393 e. The van der Waals surface area contributed by atoms with Gasteiger partial charge in [0.15, 0.2) is 0 Å². The van der Waals surface area contributed by atoms with Crippen LogP contribution in [0.25, 0.3) is 0 Å². The first-order valence-electron chi connectivity index (χ1n) is 7.90. The van der Waals surface area contributed by atoms with E-state index in [-0.39, 0.29) is 12.1 Å².